The fourth-order valence-corrected chi connectivity index (χ4v) is 2.78. The van der Waals surface area contributed by atoms with Crippen LogP contribution in [0.3, 0.4) is 0 Å². The van der Waals surface area contributed by atoms with Crippen molar-refractivity contribution in [3.8, 4) is 11.4 Å². The van der Waals surface area contributed by atoms with E-state index in [1.54, 1.807) is 0 Å². The van der Waals surface area contributed by atoms with Gasteiger partial charge in [0.25, 0.3) is 0 Å². The van der Waals surface area contributed by atoms with Crippen LogP contribution in [0, 0.1) is 0 Å². The van der Waals surface area contributed by atoms with Gasteiger partial charge in [-0.05, 0) is 11.0 Å². The van der Waals surface area contributed by atoms with Crippen LogP contribution < -0.4 is 5.84 Å². The fraction of sp³-hybridized carbons (Fsp3) is 0.500. The molecule has 0 radical (unpaired) electrons. The van der Waals surface area contributed by atoms with Crippen LogP contribution in [0.2, 0.25) is 0 Å². The number of halogens is 3. The number of nitrogen functional groups attached to an aromatic ring is 1. The average molecular weight is 374 g/mol. The molecule has 9 heteroatoms. The monoisotopic (exact) mass is 374 g/mol. The molecule has 0 amide bonds. The summed E-state index contributed by atoms with van der Waals surface area (Å²) in [6.45, 7) is 5.08. The SMILES string of the molecule is CC(C)(C)c1ccc(-c2nnc(SCCOCC(F)(F)F)n2N)cc1. The molecule has 5 nitrogen and oxygen atoms in total. The van der Waals surface area contributed by atoms with E-state index in [-0.39, 0.29) is 12.0 Å². The Bertz CT molecular complexity index is 693. The number of benzene rings is 1. The van der Waals surface area contributed by atoms with Gasteiger partial charge in [0.15, 0.2) is 5.82 Å². The number of ether oxygens (including phenoxy) is 1. The summed E-state index contributed by atoms with van der Waals surface area (Å²) < 4.78 is 41.8. The molecule has 0 atom stereocenters. The highest BCUT2D eigenvalue weighted by atomic mass is 32.2. The lowest BCUT2D eigenvalue weighted by Gasteiger charge is -2.19. The number of rotatable bonds is 6. The number of hydrogen-bond donors (Lipinski definition) is 1. The second kappa shape index (κ2) is 7.65. The lowest BCUT2D eigenvalue weighted by Crippen LogP contribution is -2.18. The Hall–Kier alpha value is -1.74. The van der Waals surface area contributed by atoms with Gasteiger partial charge in [0.1, 0.15) is 6.61 Å². The zero-order chi connectivity index (χ0) is 18.7. The maximum absolute atomic E-state index is 12.0. The maximum atomic E-state index is 12.0. The minimum atomic E-state index is -4.31. The third-order valence-corrected chi connectivity index (χ3v) is 4.31. The van der Waals surface area contributed by atoms with Gasteiger partial charge in [0, 0.05) is 11.3 Å². The van der Waals surface area contributed by atoms with Crippen LogP contribution in [0.15, 0.2) is 29.4 Å². The van der Waals surface area contributed by atoms with E-state index in [9.17, 15) is 13.2 Å². The molecule has 1 heterocycles. The normalized spacial score (nSPS) is 12.6. The van der Waals surface area contributed by atoms with Crippen LogP contribution in [0.1, 0.15) is 26.3 Å². The molecule has 2 N–H and O–H groups in total. The number of aromatic nitrogens is 3. The predicted octanol–water partition coefficient (Wildman–Crippen LogP) is 3.63. The minimum Gasteiger partial charge on any atom is -0.371 e. The van der Waals surface area contributed by atoms with Crippen LogP contribution in [0.4, 0.5) is 13.2 Å². The number of thioether (sulfide) groups is 1. The van der Waals surface area contributed by atoms with Crippen LogP contribution in [0.25, 0.3) is 11.4 Å². The van der Waals surface area contributed by atoms with Crippen molar-refractivity contribution < 1.29 is 17.9 Å². The van der Waals surface area contributed by atoms with Crippen molar-refractivity contribution in [1.82, 2.24) is 14.9 Å². The van der Waals surface area contributed by atoms with E-state index in [1.165, 1.54) is 22.0 Å². The first-order valence-corrected chi connectivity index (χ1v) is 8.65. The summed E-state index contributed by atoms with van der Waals surface area (Å²) in [7, 11) is 0. The zero-order valence-electron chi connectivity index (χ0n) is 14.3. The highest BCUT2D eigenvalue weighted by Gasteiger charge is 2.27. The summed E-state index contributed by atoms with van der Waals surface area (Å²) in [5.41, 5.74) is 2.06. The standard InChI is InChI=1S/C16H21F3N4OS/c1-15(2,3)12-6-4-11(5-7-12)13-21-22-14(23(13)20)25-9-8-24-10-16(17,18)19/h4-7H,8-10,20H2,1-3H3. The molecule has 0 aliphatic heterocycles. The number of nitrogens with two attached hydrogens (primary N) is 1. The van der Waals surface area contributed by atoms with Gasteiger partial charge in [0.2, 0.25) is 5.16 Å². The average Bonchev–Trinajstić information content (AvgIpc) is 2.86. The van der Waals surface area contributed by atoms with Crippen molar-refractivity contribution in [2.45, 2.75) is 37.5 Å². The van der Waals surface area contributed by atoms with Crippen molar-refractivity contribution in [3.63, 3.8) is 0 Å². The van der Waals surface area contributed by atoms with Gasteiger partial charge in [-0.15, -0.1) is 10.2 Å². The summed E-state index contributed by atoms with van der Waals surface area (Å²) in [4.78, 5) is 0. The largest absolute Gasteiger partial charge is 0.411 e. The topological polar surface area (TPSA) is 66.0 Å². The molecule has 0 saturated carbocycles. The van der Waals surface area contributed by atoms with Crippen molar-refractivity contribution in [3.05, 3.63) is 29.8 Å². The van der Waals surface area contributed by atoms with Crippen molar-refractivity contribution >= 4 is 11.8 Å². The summed E-state index contributed by atoms with van der Waals surface area (Å²) in [6, 6.07) is 7.88. The van der Waals surface area contributed by atoms with E-state index >= 15 is 0 Å². The molecule has 138 valence electrons. The van der Waals surface area contributed by atoms with Gasteiger partial charge < -0.3 is 10.6 Å². The molecule has 2 rings (SSSR count). The molecule has 1 aromatic carbocycles. The molecule has 0 aliphatic carbocycles. The van der Waals surface area contributed by atoms with Gasteiger partial charge in [-0.1, -0.05) is 56.8 Å². The van der Waals surface area contributed by atoms with Crippen LogP contribution in [-0.4, -0.2) is 40.0 Å². The lowest BCUT2D eigenvalue weighted by molar-refractivity contribution is -0.172. The zero-order valence-corrected chi connectivity index (χ0v) is 15.1. The predicted molar refractivity (Wildman–Crippen MR) is 91.9 cm³/mol. The minimum absolute atomic E-state index is 0.0480. The van der Waals surface area contributed by atoms with Gasteiger partial charge in [-0.25, -0.2) is 4.68 Å². The molecule has 0 aliphatic rings. The number of alkyl halides is 3. The molecule has 2 aromatic rings. The van der Waals surface area contributed by atoms with Gasteiger partial charge >= 0.3 is 6.18 Å². The van der Waals surface area contributed by atoms with Crippen molar-refractivity contribution in [2.24, 2.45) is 0 Å². The quantitative estimate of drug-likeness (QED) is 0.475. The van der Waals surface area contributed by atoms with Crippen LogP contribution >= 0.6 is 11.8 Å². The molecular weight excluding hydrogens is 353 g/mol. The lowest BCUT2D eigenvalue weighted by atomic mass is 9.87. The molecule has 25 heavy (non-hydrogen) atoms. The summed E-state index contributed by atoms with van der Waals surface area (Å²) in [5, 5.41) is 8.47. The van der Waals surface area contributed by atoms with E-state index in [4.69, 9.17) is 5.84 Å². The Morgan fingerprint density at radius 1 is 1.12 bits per heavy atom. The molecule has 0 fully saturated rings. The molecular formula is C16H21F3N4OS. The van der Waals surface area contributed by atoms with Crippen molar-refractivity contribution in [2.75, 3.05) is 24.8 Å². The summed E-state index contributed by atoms with van der Waals surface area (Å²) >= 11 is 1.19. The fourth-order valence-electron chi connectivity index (χ4n) is 2.07. The molecule has 0 bridgehead atoms. The molecule has 1 aromatic heterocycles. The van der Waals surface area contributed by atoms with E-state index < -0.39 is 12.8 Å². The Balaban J connectivity index is 1.96. The van der Waals surface area contributed by atoms with Crippen LogP contribution in [-0.2, 0) is 10.2 Å². The van der Waals surface area contributed by atoms with Gasteiger partial charge in [0.05, 0.1) is 6.61 Å². The molecule has 0 unspecified atom stereocenters. The third-order valence-electron chi connectivity index (χ3n) is 3.40. The van der Waals surface area contributed by atoms with E-state index in [1.807, 2.05) is 24.3 Å². The van der Waals surface area contributed by atoms with Gasteiger partial charge in [-0.2, -0.15) is 13.2 Å². The Kier molecular flexibility index (Phi) is 5.99. The highest BCUT2D eigenvalue weighted by Crippen LogP contribution is 2.26. The number of hydrogen-bond acceptors (Lipinski definition) is 5. The number of nitrogens with zero attached hydrogens (tertiary/aromatic N) is 3. The Morgan fingerprint density at radius 3 is 2.32 bits per heavy atom. The van der Waals surface area contributed by atoms with Gasteiger partial charge in [-0.3, -0.25) is 0 Å². The first-order chi connectivity index (χ1) is 11.6. The molecule has 0 spiro atoms. The van der Waals surface area contributed by atoms with Crippen molar-refractivity contribution in [1.29, 1.82) is 0 Å². The highest BCUT2D eigenvalue weighted by molar-refractivity contribution is 7.99. The Morgan fingerprint density at radius 2 is 1.76 bits per heavy atom. The second-order valence-electron chi connectivity index (χ2n) is 6.52. The second-order valence-corrected chi connectivity index (χ2v) is 7.58. The third kappa shape index (κ3) is 5.64. The first kappa shape index (κ1) is 19.6. The van der Waals surface area contributed by atoms with E-state index in [0.29, 0.717) is 16.7 Å². The molecule has 0 saturated heterocycles. The Labute approximate surface area is 148 Å². The summed E-state index contributed by atoms with van der Waals surface area (Å²) in [5.74, 6) is 6.79. The maximum Gasteiger partial charge on any atom is 0.411 e. The van der Waals surface area contributed by atoms with E-state index in [2.05, 4.69) is 35.7 Å². The van der Waals surface area contributed by atoms with E-state index in [0.717, 1.165) is 5.56 Å². The van der Waals surface area contributed by atoms with Crippen LogP contribution in [0.5, 0.6) is 0 Å². The smallest absolute Gasteiger partial charge is 0.371 e. The first-order valence-electron chi connectivity index (χ1n) is 7.66. The summed E-state index contributed by atoms with van der Waals surface area (Å²) in [6.07, 6.45) is -4.31.